The number of hydrogen-bond acceptors (Lipinski definition) is 7. The van der Waals surface area contributed by atoms with E-state index in [1.54, 1.807) is 11.6 Å². The summed E-state index contributed by atoms with van der Waals surface area (Å²) < 4.78 is 3.14. The normalized spacial score (nSPS) is 23.6. The zero-order chi connectivity index (χ0) is 23.8. The Morgan fingerprint density at radius 1 is 0.971 bits per heavy atom. The lowest BCUT2D eigenvalue weighted by molar-refractivity contribution is -0.135. The van der Waals surface area contributed by atoms with Crippen LogP contribution in [0.4, 0.5) is 5.69 Å². The molecule has 1 atom stereocenters. The van der Waals surface area contributed by atoms with Crippen LogP contribution in [-0.2, 0) is 16.6 Å². The van der Waals surface area contributed by atoms with Crippen molar-refractivity contribution in [1.82, 2.24) is 24.4 Å². The van der Waals surface area contributed by atoms with E-state index in [-0.39, 0.29) is 18.0 Å². The molecule has 2 aromatic rings. The Bertz CT molecular complexity index is 1120. The highest BCUT2D eigenvalue weighted by atomic mass is 16.2. The quantitative estimate of drug-likeness (QED) is 0.482. The Morgan fingerprint density at radius 3 is 2.41 bits per heavy atom. The smallest absolute Gasteiger partial charge is 0.329 e. The number of piperazine rings is 1. The number of carbonyl (C=O) groups excluding carboxylic acids is 2. The van der Waals surface area contributed by atoms with Crippen molar-refractivity contribution >= 4 is 28.5 Å². The highest BCUT2D eigenvalue weighted by molar-refractivity contribution is 6.00. The third-order valence-electron chi connectivity index (χ3n) is 7.83. The van der Waals surface area contributed by atoms with E-state index in [0.717, 1.165) is 68.5 Å². The van der Waals surface area contributed by atoms with Crippen LogP contribution >= 0.6 is 0 Å². The molecule has 3 aliphatic heterocycles. The number of nitrogens with one attached hydrogen (secondary N) is 1. The van der Waals surface area contributed by atoms with Crippen molar-refractivity contribution in [2.45, 2.75) is 38.1 Å². The van der Waals surface area contributed by atoms with Gasteiger partial charge in [0.2, 0.25) is 11.8 Å². The lowest BCUT2D eigenvalue weighted by atomic mass is 9.94. The van der Waals surface area contributed by atoms with Gasteiger partial charge < -0.3 is 4.90 Å². The van der Waals surface area contributed by atoms with Crippen LogP contribution in [0.2, 0.25) is 0 Å². The SMILES string of the molecule is Cn1c(=O)n(C2CCC(=O)NC2=O)c2ccc(N3CCN(CCC4CCN(N)CC4)CC3)cc21. The molecule has 1 aromatic carbocycles. The summed E-state index contributed by atoms with van der Waals surface area (Å²) in [5.74, 6) is 5.98. The summed E-state index contributed by atoms with van der Waals surface area (Å²) in [5.41, 5.74) is 2.40. The Kier molecular flexibility index (Phi) is 6.46. The van der Waals surface area contributed by atoms with E-state index < -0.39 is 11.9 Å². The van der Waals surface area contributed by atoms with E-state index in [2.05, 4.69) is 21.2 Å². The van der Waals surface area contributed by atoms with Gasteiger partial charge in [-0.2, -0.15) is 0 Å². The minimum absolute atomic E-state index is 0.230. The molecule has 0 bridgehead atoms. The van der Waals surface area contributed by atoms with E-state index in [1.807, 2.05) is 17.1 Å². The molecule has 0 spiro atoms. The van der Waals surface area contributed by atoms with Crippen LogP contribution in [0.3, 0.4) is 0 Å². The first-order valence-electron chi connectivity index (χ1n) is 12.4. The van der Waals surface area contributed by atoms with Crippen LogP contribution in [0, 0.1) is 5.92 Å². The third kappa shape index (κ3) is 4.49. The van der Waals surface area contributed by atoms with Crippen molar-refractivity contribution < 1.29 is 9.59 Å². The zero-order valence-corrected chi connectivity index (χ0v) is 19.9. The van der Waals surface area contributed by atoms with Gasteiger partial charge in [0.05, 0.1) is 11.0 Å². The molecule has 0 saturated carbocycles. The highest BCUT2D eigenvalue weighted by Gasteiger charge is 2.31. The van der Waals surface area contributed by atoms with Gasteiger partial charge in [0.25, 0.3) is 0 Å². The van der Waals surface area contributed by atoms with Crippen molar-refractivity contribution in [3.63, 3.8) is 0 Å². The molecule has 5 rings (SSSR count). The monoisotopic (exact) mass is 469 g/mol. The van der Waals surface area contributed by atoms with E-state index >= 15 is 0 Å². The topological polar surface area (TPSA) is 109 Å². The molecule has 3 saturated heterocycles. The number of imide groups is 1. The van der Waals surface area contributed by atoms with Crippen LogP contribution in [0.1, 0.15) is 38.1 Å². The molecule has 184 valence electrons. The summed E-state index contributed by atoms with van der Waals surface area (Å²) in [6.45, 7) is 7.13. The molecule has 2 amide bonds. The maximum atomic E-state index is 13.0. The number of hydrazine groups is 1. The van der Waals surface area contributed by atoms with Gasteiger partial charge in [-0.25, -0.2) is 9.80 Å². The highest BCUT2D eigenvalue weighted by Crippen LogP contribution is 2.27. The Balaban J connectivity index is 1.25. The van der Waals surface area contributed by atoms with Crippen LogP contribution < -0.4 is 21.7 Å². The molecule has 1 aromatic heterocycles. The number of nitrogens with two attached hydrogens (primary N) is 1. The average Bonchev–Trinajstić information content (AvgIpc) is 3.09. The maximum absolute atomic E-state index is 13.0. The Labute approximate surface area is 199 Å². The number of carbonyl (C=O) groups is 2. The van der Waals surface area contributed by atoms with Crippen LogP contribution in [0.25, 0.3) is 11.0 Å². The second-order valence-electron chi connectivity index (χ2n) is 9.95. The lowest BCUT2D eigenvalue weighted by Gasteiger charge is -2.37. The van der Waals surface area contributed by atoms with Gasteiger partial charge in [0.15, 0.2) is 0 Å². The first-order valence-corrected chi connectivity index (χ1v) is 12.4. The predicted molar refractivity (Wildman–Crippen MR) is 130 cm³/mol. The number of nitrogens with zero attached hydrogens (tertiary/aromatic N) is 5. The van der Waals surface area contributed by atoms with Crippen molar-refractivity contribution in [3.05, 3.63) is 28.7 Å². The van der Waals surface area contributed by atoms with E-state index in [1.165, 1.54) is 23.8 Å². The van der Waals surface area contributed by atoms with E-state index in [4.69, 9.17) is 5.84 Å². The number of rotatable bonds is 5. The van der Waals surface area contributed by atoms with E-state index in [0.29, 0.717) is 6.42 Å². The average molecular weight is 470 g/mol. The summed E-state index contributed by atoms with van der Waals surface area (Å²) in [6.07, 6.45) is 4.24. The van der Waals surface area contributed by atoms with Crippen molar-refractivity contribution in [2.24, 2.45) is 18.8 Å². The summed E-state index contributed by atoms with van der Waals surface area (Å²) in [6, 6.07) is 5.38. The summed E-state index contributed by atoms with van der Waals surface area (Å²) in [4.78, 5) is 41.9. The number of aryl methyl sites for hydroxylation is 1. The number of imidazole rings is 1. The first-order chi connectivity index (χ1) is 16.4. The summed E-state index contributed by atoms with van der Waals surface area (Å²) in [5, 5.41) is 4.29. The molecule has 10 nitrogen and oxygen atoms in total. The fourth-order valence-corrected chi connectivity index (χ4v) is 5.61. The molecule has 3 N–H and O–H groups in total. The zero-order valence-electron chi connectivity index (χ0n) is 19.9. The van der Waals surface area contributed by atoms with Gasteiger partial charge in [-0.3, -0.25) is 34.8 Å². The van der Waals surface area contributed by atoms with E-state index in [9.17, 15) is 14.4 Å². The maximum Gasteiger partial charge on any atom is 0.329 e. The number of benzene rings is 1. The molecule has 3 aliphatic rings. The second kappa shape index (κ2) is 9.52. The van der Waals surface area contributed by atoms with Crippen LogP contribution in [-0.4, -0.2) is 76.7 Å². The van der Waals surface area contributed by atoms with Crippen LogP contribution in [0.5, 0.6) is 0 Å². The number of anilines is 1. The molecule has 0 radical (unpaired) electrons. The van der Waals surface area contributed by atoms with Crippen molar-refractivity contribution in [3.8, 4) is 0 Å². The van der Waals surface area contributed by atoms with Gasteiger partial charge >= 0.3 is 5.69 Å². The first kappa shape index (κ1) is 23.1. The lowest BCUT2D eigenvalue weighted by Crippen LogP contribution is -2.47. The largest absolute Gasteiger partial charge is 0.369 e. The number of amides is 2. The van der Waals surface area contributed by atoms with Gasteiger partial charge in [-0.15, -0.1) is 0 Å². The number of hydrogen-bond donors (Lipinski definition) is 2. The van der Waals surface area contributed by atoms with Gasteiger partial charge in [-0.05, 0) is 56.3 Å². The van der Waals surface area contributed by atoms with Gasteiger partial charge in [0.1, 0.15) is 6.04 Å². The third-order valence-corrected chi connectivity index (χ3v) is 7.83. The predicted octanol–water partition coefficient (Wildman–Crippen LogP) is 0.416. The minimum Gasteiger partial charge on any atom is -0.369 e. The Hall–Kier alpha value is -2.69. The molecular weight excluding hydrogens is 434 g/mol. The second-order valence-corrected chi connectivity index (χ2v) is 9.95. The molecule has 3 fully saturated rings. The fraction of sp³-hybridized carbons (Fsp3) is 0.625. The molecule has 1 unspecified atom stereocenters. The standard InChI is InChI=1S/C24H35N7O3/c1-27-21-16-18(2-3-19(21)31(24(27)34)20-4-5-22(32)26-23(20)33)29-14-12-28(13-15-29)9-6-17-7-10-30(25)11-8-17/h2-3,16-17,20H,4-15,25H2,1H3,(H,26,32,33). The summed E-state index contributed by atoms with van der Waals surface area (Å²) in [7, 11) is 1.74. The molecule has 10 heteroatoms. The molecule has 34 heavy (non-hydrogen) atoms. The van der Waals surface area contributed by atoms with Crippen LogP contribution in [0.15, 0.2) is 23.0 Å². The number of piperidine rings is 2. The van der Waals surface area contributed by atoms with Crippen molar-refractivity contribution in [2.75, 3.05) is 50.7 Å². The molecular formula is C24H35N7O3. The molecule has 0 aliphatic carbocycles. The van der Waals surface area contributed by atoms with Gasteiger partial charge in [-0.1, -0.05) is 0 Å². The molecule has 4 heterocycles. The summed E-state index contributed by atoms with van der Waals surface area (Å²) >= 11 is 0. The van der Waals surface area contributed by atoms with Gasteiger partial charge in [0, 0.05) is 58.4 Å². The fourth-order valence-electron chi connectivity index (χ4n) is 5.61. The van der Waals surface area contributed by atoms with Crippen molar-refractivity contribution in [1.29, 1.82) is 0 Å². The number of fused-ring (bicyclic) bond motifs is 1. The Morgan fingerprint density at radius 2 is 1.71 bits per heavy atom. The minimum atomic E-state index is -0.652. The number of aromatic nitrogens is 2.